The molecule has 0 amide bonds. The number of hydrogen-bond acceptors (Lipinski definition) is 3. The summed E-state index contributed by atoms with van der Waals surface area (Å²) < 4.78 is 0. The van der Waals surface area contributed by atoms with Gasteiger partial charge in [0.05, 0.1) is 6.61 Å². The quantitative estimate of drug-likeness (QED) is 0.749. The Hall–Kier alpha value is -1.06. The third kappa shape index (κ3) is 3.22. The Balaban J connectivity index is 2.94. The first-order valence-electron chi connectivity index (χ1n) is 5.29. The highest BCUT2D eigenvalue weighted by molar-refractivity contribution is 5.54. The van der Waals surface area contributed by atoms with E-state index in [0.29, 0.717) is 6.61 Å². The molecule has 0 aliphatic carbocycles. The minimum Gasteiger partial charge on any atom is -0.377 e. The predicted molar refractivity (Wildman–Crippen MR) is 64.0 cm³/mol. The molecule has 0 fully saturated rings. The van der Waals surface area contributed by atoms with E-state index in [1.807, 2.05) is 14.1 Å². The molecule has 1 rings (SSSR count). The average molecular weight is 208 g/mol. The maximum Gasteiger partial charge on any atom is 0.0720 e. The normalized spacial score (nSPS) is 10.4. The fraction of sp³-hybridized carbons (Fsp3) is 0.500. The van der Waals surface area contributed by atoms with Crippen molar-refractivity contribution < 1.29 is 4.84 Å². The van der Waals surface area contributed by atoms with Crippen LogP contribution in [-0.4, -0.2) is 20.7 Å². The highest BCUT2D eigenvalue weighted by Gasteiger charge is 2.05. The molecule has 2 N–H and O–H groups in total. The van der Waals surface area contributed by atoms with Crippen molar-refractivity contribution in [1.29, 1.82) is 0 Å². The molecule has 0 saturated carbocycles. The summed E-state index contributed by atoms with van der Waals surface area (Å²) in [6, 6.07) is 6.56. The lowest BCUT2D eigenvalue weighted by Gasteiger charge is -2.18. The van der Waals surface area contributed by atoms with Crippen molar-refractivity contribution in [3.05, 3.63) is 29.3 Å². The zero-order valence-corrected chi connectivity index (χ0v) is 9.79. The Bertz CT molecular complexity index is 310. The van der Waals surface area contributed by atoms with E-state index < -0.39 is 0 Å². The lowest BCUT2D eigenvalue weighted by atomic mass is 10.0. The van der Waals surface area contributed by atoms with Crippen LogP contribution in [0.5, 0.6) is 0 Å². The number of rotatable bonds is 5. The lowest BCUT2D eigenvalue weighted by Crippen LogP contribution is -2.13. The van der Waals surface area contributed by atoms with Crippen LogP contribution in [0.2, 0.25) is 0 Å². The van der Waals surface area contributed by atoms with Crippen molar-refractivity contribution in [2.24, 2.45) is 5.90 Å². The highest BCUT2D eigenvalue weighted by atomic mass is 16.6. The van der Waals surface area contributed by atoms with Gasteiger partial charge in [0.25, 0.3) is 0 Å². The van der Waals surface area contributed by atoms with Gasteiger partial charge in [-0.15, -0.1) is 0 Å². The van der Waals surface area contributed by atoms with E-state index in [-0.39, 0.29) is 0 Å². The fourth-order valence-corrected chi connectivity index (χ4v) is 1.66. The first-order chi connectivity index (χ1) is 7.19. The molecule has 0 radical (unpaired) electrons. The summed E-state index contributed by atoms with van der Waals surface area (Å²) in [6.45, 7) is 2.72. The second kappa shape index (κ2) is 5.73. The summed E-state index contributed by atoms with van der Waals surface area (Å²) in [5.74, 6) is 5.06. The van der Waals surface area contributed by atoms with Crippen LogP contribution in [0.25, 0.3) is 0 Å². The van der Waals surface area contributed by atoms with Crippen molar-refractivity contribution in [2.75, 3.05) is 25.6 Å². The van der Waals surface area contributed by atoms with Gasteiger partial charge in [-0.3, -0.25) is 0 Å². The van der Waals surface area contributed by atoms with Gasteiger partial charge in [0, 0.05) is 19.8 Å². The van der Waals surface area contributed by atoms with Crippen LogP contribution in [0.3, 0.4) is 0 Å². The molecule has 0 spiro atoms. The Labute approximate surface area is 91.8 Å². The largest absolute Gasteiger partial charge is 0.377 e. The van der Waals surface area contributed by atoms with Crippen LogP contribution < -0.4 is 10.8 Å². The number of anilines is 1. The van der Waals surface area contributed by atoms with Crippen molar-refractivity contribution in [3.8, 4) is 0 Å². The third-order valence-corrected chi connectivity index (χ3v) is 2.52. The Morgan fingerprint density at radius 3 is 2.60 bits per heavy atom. The summed E-state index contributed by atoms with van der Waals surface area (Å²) >= 11 is 0. The first-order valence-corrected chi connectivity index (χ1v) is 5.29. The number of hydrogen-bond donors (Lipinski definition) is 1. The van der Waals surface area contributed by atoms with Gasteiger partial charge < -0.3 is 9.74 Å². The molecule has 1 aromatic carbocycles. The van der Waals surface area contributed by atoms with E-state index >= 15 is 0 Å². The molecule has 15 heavy (non-hydrogen) atoms. The summed E-state index contributed by atoms with van der Waals surface area (Å²) in [4.78, 5) is 6.75. The summed E-state index contributed by atoms with van der Waals surface area (Å²) in [5.41, 5.74) is 3.89. The SMILES string of the molecule is CCc1ccc(N(C)C)c(CCON)c1. The Kier molecular flexibility index (Phi) is 4.59. The molecule has 1 aromatic rings. The van der Waals surface area contributed by atoms with Crippen molar-refractivity contribution >= 4 is 5.69 Å². The fourth-order valence-electron chi connectivity index (χ4n) is 1.66. The van der Waals surface area contributed by atoms with E-state index in [1.165, 1.54) is 16.8 Å². The minimum absolute atomic E-state index is 0.563. The molecule has 0 unspecified atom stereocenters. The van der Waals surface area contributed by atoms with Gasteiger partial charge in [-0.2, -0.15) is 0 Å². The molecular weight excluding hydrogens is 188 g/mol. The summed E-state index contributed by atoms with van der Waals surface area (Å²) in [7, 11) is 4.10. The van der Waals surface area contributed by atoms with Gasteiger partial charge in [-0.1, -0.05) is 19.1 Å². The molecule has 0 aliphatic heterocycles. The minimum atomic E-state index is 0.563. The Morgan fingerprint density at radius 2 is 2.07 bits per heavy atom. The van der Waals surface area contributed by atoms with Crippen LogP contribution in [0.15, 0.2) is 18.2 Å². The molecular formula is C12H20N2O. The van der Waals surface area contributed by atoms with Crippen LogP contribution in [0, 0.1) is 0 Å². The predicted octanol–water partition coefficient (Wildman–Crippen LogP) is 1.75. The standard InChI is InChI=1S/C12H20N2O/c1-4-10-5-6-12(14(2)3)11(9-10)7-8-15-13/h5-6,9H,4,7-8,13H2,1-3H3. The van der Waals surface area contributed by atoms with E-state index in [2.05, 4.69) is 34.9 Å². The van der Waals surface area contributed by atoms with E-state index in [1.54, 1.807) is 0 Å². The summed E-state index contributed by atoms with van der Waals surface area (Å²) in [6.07, 6.45) is 1.92. The maximum absolute atomic E-state index is 5.06. The highest BCUT2D eigenvalue weighted by Crippen LogP contribution is 2.21. The molecule has 0 aromatic heterocycles. The van der Waals surface area contributed by atoms with Gasteiger partial charge in [0.1, 0.15) is 0 Å². The van der Waals surface area contributed by atoms with Gasteiger partial charge in [-0.25, -0.2) is 5.90 Å². The molecule has 0 atom stereocenters. The molecule has 0 saturated heterocycles. The van der Waals surface area contributed by atoms with E-state index in [9.17, 15) is 0 Å². The summed E-state index contributed by atoms with van der Waals surface area (Å²) in [5, 5.41) is 0. The number of nitrogens with zero attached hydrogens (tertiary/aromatic N) is 1. The zero-order valence-electron chi connectivity index (χ0n) is 9.79. The van der Waals surface area contributed by atoms with E-state index in [4.69, 9.17) is 5.90 Å². The maximum atomic E-state index is 5.06. The van der Waals surface area contributed by atoms with Gasteiger partial charge >= 0.3 is 0 Å². The van der Waals surface area contributed by atoms with Crippen molar-refractivity contribution in [1.82, 2.24) is 0 Å². The monoisotopic (exact) mass is 208 g/mol. The molecule has 0 heterocycles. The topological polar surface area (TPSA) is 38.5 Å². The number of benzene rings is 1. The lowest BCUT2D eigenvalue weighted by molar-refractivity contribution is 0.141. The van der Waals surface area contributed by atoms with Gasteiger partial charge in [-0.05, 0) is 30.0 Å². The first kappa shape index (κ1) is 12.0. The Morgan fingerprint density at radius 1 is 1.33 bits per heavy atom. The second-order valence-corrected chi connectivity index (χ2v) is 3.83. The number of nitrogens with two attached hydrogens (primary N) is 1. The van der Waals surface area contributed by atoms with Gasteiger partial charge in [0.15, 0.2) is 0 Å². The van der Waals surface area contributed by atoms with Crippen LogP contribution in [0.1, 0.15) is 18.1 Å². The zero-order chi connectivity index (χ0) is 11.3. The third-order valence-electron chi connectivity index (χ3n) is 2.52. The molecule has 3 nitrogen and oxygen atoms in total. The van der Waals surface area contributed by atoms with Crippen LogP contribution >= 0.6 is 0 Å². The average Bonchev–Trinajstić information content (AvgIpc) is 2.25. The van der Waals surface area contributed by atoms with Crippen LogP contribution in [0.4, 0.5) is 5.69 Å². The van der Waals surface area contributed by atoms with Crippen molar-refractivity contribution in [2.45, 2.75) is 19.8 Å². The molecule has 3 heteroatoms. The number of aryl methyl sites for hydroxylation is 1. The van der Waals surface area contributed by atoms with Crippen LogP contribution in [-0.2, 0) is 17.7 Å². The van der Waals surface area contributed by atoms with Crippen molar-refractivity contribution in [3.63, 3.8) is 0 Å². The van der Waals surface area contributed by atoms with Gasteiger partial charge in [0.2, 0.25) is 0 Å². The smallest absolute Gasteiger partial charge is 0.0720 e. The van der Waals surface area contributed by atoms with E-state index in [0.717, 1.165) is 12.8 Å². The molecule has 0 bridgehead atoms. The molecule has 0 aliphatic rings. The molecule has 84 valence electrons. The second-order valence-electron chi connectivity index (χ2n) is 3.83.